The molecule has 4 rings (SSSR count). The number of carbonyl (C=O) groups excluding carboxylic acids is 1. The first-order valence-corrected chi connectivity index (χ1v) is 10.1. The molecule has 1 N–H and O–H groups in total. The summed E-state index contributed by atoms with van der Waals surface area (Å²) in [6.45, 7) is 1.50. The maximum absolute atomic E-state index is 14.3. The summed E-state index contributed by atoms with van der Waals surface area (Å²) >= 11 is 0. The van der Waals surface area contributed by atoms with Crippen LogP contribution in [0.3, 0.4) is 0 Å². The normalized spacial score (nSPS) is 15.9. The largest absolute Gasteiger partial charge is 0.493 e. The number of rotatable bonds is 7. The van der Waals surface area contributed by atoms with Crippen molar-refractivity contribution in [1.82, 2.24) is 10.2 Å². The molecule has 162 valence electrons. The minimum atomic E-state index is -0.288. The number of hydrogen-bond acceptors (Lipinski definition) is 5. The number of ether oxygens (including phenoxy) is 2. The summed E-state index contributed by atoms with van der Waals surface area (Å²) in [5, 5.41) is 2.95. The number of carbonyl (C=O) groups is 1. The number of nitrogens with one attached hydrogen (secondary N) is 1. The van der Waals surface area contributed by atoms with Crippen LogP contribution in [0.2, 0.25) is 0 Å². The summed E-state index contributed by atoms with van der Waals surface area (Å²) in [6.07, 6.45) is 2.25. The van der Waals surface area contributed by atoms with Crippen LogP contribution in [0, 0.1) is 5.82 Å². The Kier molecular flexibility index (Phi) is 6.23. The van der Waals surface area contributed by atoms with Crippen LogP contribution in [0.25, 0.3) is 0 Å². The Bertz CT molecular complexity index is 1050. The van der Waals surface area contributed by atoms with Crippen LogP contribution in [-0.4, -0.2) is 38.1 Å². The van der Waals surface area contributed by atoms with Crippen molar-refractivity contribution in [1.29, 1.82) is 0 Å². The quantitative estimate of drug-likeness (QED) is 0.622. The number of amides is 1. The third-order valence-electron chi connectivity index (χ3n) is 5.65. The predicted molar refractivity (Wildman–Crippen MR) is 114 cm³/mol. The van der Waals surface area contributed by atoms with E-state index in [2.05, 4.69) is 10.2 Å². The molecular formula is C24H25FN2O4. The fourth-order valence-electron chi connectivity index (χ4n) is 4.04. The average molecular weight is 424 g/mol. The molecule has 1 atom stereocenters. The maximum atomic E-state index is 14.3. The average Bonchev–Trinajstić information content (AvgIpc) is 3.33. The monoisotopic (exact) mass is 424 g/mol. The Morgan fingerprint density at radius 2 is 1.94 bits per heavy atom. The van der Waals surface area contributed by atoms with Crippen molar-refractivity contribution in [2.45, 2.75) is 19.0 Å². The summed E-state index contributed by atoms with van der Waals surface area (Å²) < 4.78 is 30.5. The molecule has 1 amide bonds. The van der Waals surface area contributed by atoms with E-state index in [1.807, 2.05) is 18.2 Å². The third-order valence-corrected chi connectivity index (χ3v) is 5.65. The van der Waals surface area contributed by atoms with Gasteiger partial charge in [-0.3, -0.25) is 9.69 Å². The predicted octanol–water partition coefficient (Wildman–Crippen LogP) is 3.97. The number of hydrogen-bond donors (Lipinski definition) is 1. The first-order valence-electron chi connectivity index (χ1n) is 10.1. The molecule has 2 heterocycles. The van der Waals surface area contributed by atoms with Crippen molar-refractivity contribution in [3.63, 3.8) is 0 Å². The molecule has 2 aromatic carbocycles. The van der Waals surface area contributed by atoms with E-state index in [-0.39, 0.29) is 23.5 Å². The highest BCUT2D eigenvalue weighted by molar-refractivity contribution is 5.91. The lowest BCUT2D eigenvalue weighted by Gasteiger charge is -2.38. The lowest BCUT2D eigenvalue weighted by atomic mass is 9.91. The van der Waals surface area contributed by atoms with Gasteiger partial charge in [-0.05, 0) is 47.9 Å². The fraction of sp³-hybridized carbons (Fsp3) is 0.292. The molecule has 0 aliphatic carbocycles. The Hall–Kier alpha value is -3.32. The van der Waals surface area contributed by atoms with Gasteiger partial charge in [-0.2, -0.15) is 0 Å². The van der Waals surface area contributed by atoms with Crippen LogP contribution in [0.1, 0.15) is 33.3 Å². The van der Waals surface area contributed by atoms with E-state index in [1.165, 1.54) is 12.3 Å². The molecule has 1 aromatic heterocycles. The maximum Gasteiger partial charge on any atom is 0.287 e. The molecule has 0 saturated carbocycles. The molecule has 3 aromatic rings. The molecule has 0 saturated heterocycles. The van der Waals surface area contributed by atoms with Gasteiger partial charge < -0.3 is 19.2 Å². The minimum Gasteiger partial charge on any atom is -0.493 e. The summed E-state index contributed by atoms with van der Waals surface area (Å²) in [5.41, 5.74) is 2.77. The Morgan fingerprint density at radius 3 is 2.65 bits per heavy atom. The molecule has 7 heteroatoms. The SMILES string of the molecule is COc1cc2c(cc1OC)[C@@H](CNC(=O)c1ccco1)N(Cc1ccccc1F)CC2. The van der Waals surface area contributed by atoms with E-state index >= 15 is 0 Å². The number of nitrogens with zero attached hydrogens (tertiary/aromatic N) is 1. The second-order valence-electron chi connectivity index (χ2n) is 7.42. The summed E-state index contributed by atoms with van der Waals surface area (Å²) in [6, 6.07) is 13.8. The van der Waals surface area contributed by atoms with Gasteiger partial charge in [0.05, 0.1) is 26.5 Å². The van der Waals surface area contributed by atoms with Gasteiger partial charge in [0.1, 0.15) is 5.82 Å². The summed E-state index contributed by atoms with van der Waals surface area (Å²) in [5.74, 6) is 1.02. The van der Waals surface area contributed by atoms with Gasteiger partial charge in [-0.1, -0.05) is 18.2 Å². The Morgan fingerprint density at radius 1 is 1.16 bits per heavy atom. The zero-order chi connectivity index (χ0) is 21.8. The highest BCUT2D eigenvalue weighted by atomic mass is 19.1. The van der Waals surface area contributed by atoms with Crippen molar-refractivity contribution in [3.05, 3.63) is 83.1 Å². The van der Waals surface area contributed by atoms with Crippen molar-refractivity contribution >= 4 is 5.91 Å². The first-order chi connectivity index (χ1) is 15.1. The number of fused-ring (bicyclic) bond motifs is 1. The Balaban J connectivity index is 1.65. The van der Waals surface area contributed by atoms with E-state index in [1.54, 1.807) is 38.5 Å². The third kappa shape index (κ3) is 4.41. The molecule has 0 bridgehead atoms. The Labute approximate surface area is 180 Å². The lowest BCUT2D eigenvalue weighted by Crippen LogP contribution is -2.42. The molecule has 1 aliphatic rings. The van der Waals surface area contributed by atoms with Gasteiger partial charge in [0.25, 0.3) is 5.91 Å². The van der Waals surface area contributed by atoms with Gasteiger partial charge in [0.15, 0.2) is 17.3 Å². The molecule has 0 unspecified atom stereocenters. The van der Waals surface area contributed by atoms with Gasteiger partial charge in [0, 0.05) is 25.2 Å². The second kappa shape index (κ2) is 9.22. The number of halogens is 1. The van der Waals surface area contributed by atoms with Gasteiger partial charge in [-0.15, -0.1) is 0 Å². The van der Waals surface area contributed by atoms with Gasteiger partial charge in [-0.25, -0.2) is 4.39 Å². The van der Waals surface area contributed by atoms with Crippen LogP contribution < -0.4 is 14.8 Å². The van der Waals surface area contributed by atoms with E-state index in [4.69, 9.17) is 13.9 Å². The number of furan rings is 1. The number of methoxy groups -OCH3 is 2. The molecule has 1 aliphatic heterocycles. The molecule has 31 heavy (non-hydrogen) atoms. The first kappa shape index (κ1) is 20.9. The highest BCUT2D eigenvalue weighted by Gasteiger charge is 2.30. The topological polar surface area (TPSA) is 63.9 Å². The zero-order valence-corrected chi connectivity index (χ0v) is 17.6. The smallest absolute Gasteiger partial charge is 0.287 e. The van der Waals surface area contributed by atoms with Gasteiger partial charge in [0.2, 0.25) is 0 Å². The van der Waals surface area contributed by atoms with Crippen LogP contribution in [0.5, 0.6) is 11.5 Å². The minimum absolute atomic E-state index is 0.165. The van der Waals surface area contributed by atoms with Gasteiger partial charge >= 0.3 is 0 Å². The molecular weight excluding hydrogens is 399 g/mol. The molecule has 0 spiro atoms. The number of benzene rings is 2. The standard InChI is InChI=1S/C24H25FN2O4/c1-29-22-12-16-9-10-27(15-17-6-3-4-7-19(17)25)20(18(16)13-23(22)30-2)14-26-24(28)21-8-5-11-31-21/h3-8,11-13,20H,9-10,14-15H2,1-2H3,(H,26,28)/t20-/m1/s1. The van der Waals surface area contributed by atoms with E-state index in [0.717, 1.165) is 24.1 Å². The van der Waals surface area contributed by atoms with Crippen molar-refractivity contribution < 1.29 is 23.1 Å². The van der Waals surface area contributed by atoms with E-state index in [9.17, 15) is 9.18 Å². The van der Waals surface area contributed by atoms with E-state index in [0.29, 0.717) is 30.2 Å². The second-order valence-corrected chi connectivity index (χ2v) is 7.42. The summed E-state index contributed by atoms with van der Waals surface area (Å²) in [7, 11) is 3.20. The molecule has 6 nitrogen and oxygen atoms in total. The van der Waals surface area contributed by atoms with Crippen LogP contribution in [0.15, 0.2) is 59.2 Å². The van der Waals surface area contributed by atoms with E-state index < -0.39 is 0 Å². The van der Waals surface area contributed by atoms with Crippen molar-refractivity contribution in [2.75, 3.05) is 27.3 Å². The molecule has 0 fully saturated rings. The molecule has 0 radical (unpaired) electrons. The van der Waals surface area contributed by atoms with Crippen LogP contribution in [-0.2, 0) is 13.0 Å². The highest BCUT2D eigenvalue weighted by Crippen LogP contribution is 2.38. The van der Waals surface area contributed by atoms with Crippen LogP contribution in [0.4, 0.5) is 4.39 Å². The van der Waals surface area contributed by atoms with Crippen LogP contribution >= 0.6 is 0 Å². The lowest BCUT2D eigenvalue weighted by molar-refractivity contribution is 0.0898. The van der Waals surface area contributed by atoms with Crippen molar-refractivity contribution in [2.24, 2.45) is 0 Å². The fourth-order valence-corrected chi connectivity index (χ4v) is 4.04. The van der Waals surface area contributed by atoms with Crippen molar-refractivity contribution in [3.8, 4) is 11.5 Å². The summed E-state index contributed by atoms with van der Waals surface area (Å²) in [4.78, 5) is 14.7. The zero-order valence-electron chi connectivity index (χ0n) is 17.6.